The molecule has 1 aromatic carbocycles. The van der Waals surface area contributed by atoms with Gasteiger partial charge in [0.2, 0.25) is 0 Å². The van der Waals surface area contributed by atoms with Crippen LogP contribution >= 0.6 is 0 Å². The van der Waals surface area contributed by atoms with Crippen molar-refractivity contribution in [3.8, 4) is 17.0 Å². The van der Waals surface area contributed by atoms with Gasteiger partial charge in [0.25, 0.3) is 5.91 Å². The SMILES string of the molecule is COc1ccccc1-c1cc(C(=O)NCc2cnc(C)cn2)[nH]n1. The highest BCUT2D eigenvalue weighted by atomic mass is 16.5. The molecule has 3 rings (SSSR count). The van der Waals surface area contributed by atoms with Crippen molar-refractivity contribution < 1.29 is 9.53 Å². The number of nitrogens with one attached hydrogen (secondary N) is 2. The van der Waals surface area contributed by atoms with Crippen LogP contribution in [0.25, 0.3) is 11.3 Å². The minimum Gasteiger partial charge on any atom is -0.496 e. The minimum atomic E-state index is -0.258. The quantitative estimate of drug-likeness (QED) is 0.750. The van der Waals surface area contributed by atoms with Crippen molar-refractivity contribution in [1.82, 2.24) is 25.5 Å². The first-order chi connectivity index (χ1) is 11.7. The van der Waals surface area contributed by atoms with Crippen LogP contribution in [-0.4, -0.2) is 33.2 Å². The summed E-state index contributed by atoms with van der Waals surface area (Å²) in [6.45, 7) is 2.16. The number of aromatic nitrogens is 4. The normalized spacial score (nSPS) is 10.4. The molecule has 2 aromatic heterocycles. The number of benzene rings is 1. The molecule has 24 heavy (non-hydrogen) atoms. The third-order valence-corrected chi connectivity index (χ3v) is 3.47. The van der Waals surface area contributed by atoms with Crippen molar-refractivity contribution in [2.75, 3.05) is 7.11 Å². The number of aromatic amines is 1. The number of para-hydroxylation sites is 1. The Labute approximate surface area is 139 Å². The van der Waals surface area contributed by atoms with Gasteiger partial charge in [-0.2, -0.15) is 5.10 Å². The van der Waals surface area contributed by atoms with Crippen LogP contribution in [0.2, 0.25) is 0 Å². The standard InChI is InChI=1S/C17H17N5O2/c1-11-8-19-12(9-18-11)10-20-17(23)15-7-14(21-22-15)13-5-3-4-6-16(13)24-2/h3-9H,10H2,1-2H3,(H,20,23)(H,21,22). The van der Waals surface area contributed by atoms with Crippen molar-refractivity contribution in [1.29, 1.82) is 0 Å². The Morgan fingerprint density at radius 1 is 1.25 bits per heavy atom. The van der Waals surface area contributed by atoms with E-state index < -0.39 is 0 Å². The molecule has 122 valence electrons. The topological polar surface area (TPSA) is 92.8 Å². The number of ether oxygens (including phenoxy) is 1. The average molecular weight is 323 g/mol. The van der Waals surface area contributed by atoms with Crippen molar-refractivity contribution in [2.45, 2.75) is 13.5 Å². The molecule has 7 heteroatoms. The van der Waals surface area contributed by atoms with E-state index in [4.69, 9.17) is 4.74 Å². The number of amides is 1. The van der Waals surface area contributed by atoms with E-state index in [1.807, 2.05) is 31.2 Å². The summed E-state index contributed by atoms with van der Waals surface area (Å²) in [5, 5.41) is 9.72. The van der Waals surface area contributed by atoms with E-state index in [1.165, 1.54) is 0 Å². The van der Waals surface area contributed by atoms with Crippen LogP contribution in [0, 0.1) is 6.92 Å². The highest BCUT2D eigenvalue weighted by Crippen LogP contribution is 2.28. The van der Waals surface area contributed by atoms with Gasteiger partial charge in [0, 0.05) is 11.8 Å². The second-order valence-corrected chi connectivity index (χ2v) is 5.20. The van der Waals surface area contributed by atoms with Crippen LogP contribution in [0.3, 0.4) is 0 Å². The third kappa shape index (κ3) is 3.40. The van der Waals surface area contributed by atoms with Crippen LogP contribution in [0.5, 0.6) is 5.75 Å². The van der Waals surface area contributed by atoms with Crippen LogP contribution in [-0.2, 0) is 6.54 Å². The Morgan fingerprint density at radius 3 is 2.83 bits per heavy atom. The predicted molar refractivity (Wildman–Crippen MR) is 88.5 cm³/mol. The molecule has 0 aliphatic rings. The van der Waals surface area contributed by atoms with Crippen LogP contribution < -0.4 is 10.1 Å². The Morgan fingerprint density at radius 2 is 2.08 bits per heavy atom. The Bertz CT molecular complexity index is 842. The first-order valence-electron chi connectivity index (χ1n) is 7.42. The number of carbonyl (C=O) groups is 1. The summed E-state index contributed by atoms with van der Waals surface area (Å²) in [5.74, 6) is 0.442. The van der Waals surface area contributed by atoms with E-state index in [2.05, 4.69) is 25.5 Å². The summed E-state index contributed by atoms with van der Waals surface area (Å²) in [6, 6.07) is 9.19. The molecule has 3 aromatic rings. The van der Waals surface area contributed by atoms with Gasteiger partial charge < -0.3 is 10.1 Å². The molecule has 2 heterocycles. The molecule has 1 amide bonds. The van der Waals surface area contributed by atoms with E-state index >= 15 is 0 Å². The summed E-state index contributed by atoms with van der Waals surface area (Å²) in [5.41, 5.74) is 3.36. The summed E-state index contributed by atoms with van der Waals surface area (Å²) in [7, 11) is 1.60. The Hall–Kier alpha value is -3.22. The molecule has 0 saturated heterocycles. The molecule has 2 N–H and O–H groups in total. The highest BCUT2D eigenvalue weighted by Gasteiger charge is 2.13. The minimum absolute atomic E-state index is 0.258. The fourth-order valence-electron chi connectivity index (χ4n) is 2.21. The number of methoxy groups -OCH3 is 1. The summed E-state index contributed by atoms with van der Waals surface area (Å²) in [4.78, 5) is 20.6. The van der Waals surface area contributed by atoms with Crippen molar-refractivity contribution >= 4 is 5.91 Å². The Kier molecular flexibility index (Phi) is 4.51. The molecule has 0 saturated carbocycles. The molecular formula is C17H17N5O2. The lowest BCUT2D eigenvalue weighted by Crippen LogP contribution is -2.23. The number of carbonyl (C=O) groups excluding carboxylic acids is 1. The number of aryl methyl sites for hydroxylation is 1. The maximum absolute atomic E-state index is 12.2. The maximum Gasteiger partial charge on any atom is 0.269 e. The van der Waals surface area contributed by atoms with E-state index in [-0.39, 0.29) is 5.91 Å². The van der Waals surface area contributed by atoms with Crippen LogP contribution in [0.15, 0.2) is 42.7 Å². The second-order valence-electron chi connectivity index (χ2n) is 5.20. The largest absolute Gasteiger partial charge is 0.496 e. The lowest BCUT2D eigenvalue weighted by Gasteiger charge is -2.04. The summed E-state index contributed by atoms with van der Waals surface area (Å²) >= 11 is 0. The van der Waals surface area contributed by atoms with Crippen LogP contribution in [0.4, 0.5) is 0 Å². The van der Waals surface area contributed by atoms with E-state index in [0.717, 1.165) is 11.3 Å². The van der Waals surface area contributed by atoms with Crippen molar-refractivity contribution in [2.24, 2.45) is 0 Å². The molecule has 0 spiro atoms. The third-order valence-electron chi connectivity index (χ3n) is 3.47. The van der Waals surface area contributed by atoms with Gasteiger partial charge in [0.1, 0.15) is 11.4 Å². The molecule has 0 atom stereocenters. The highest BCUT2D eigenvalue weighted by molar-refractivity contribution is 5.93. The molecular weight excluding hydrogens is 306 g/mol. The fourth-order valence-corrected chi connectivity index (χ4v) is 2.21. The van der Waals surface area contributed by atoms with Gasteiger partial charge in [0.05, 0.1) is 36.9 Å². The first-order valence-corrected chi connectivity index (χ1v) is 7.42. The molecule has 7 nitrogen and oxygen atoms in total. The lowest BCUT2D eigenvalue weighted by molar-refractivity contribution is 0.0945. The van der Waals surface area contributed by atoms with Crippen molar-refractivity contribution in [3.63, 3.8) is 0 Å². The molecule has 0 bridgehead atoms. The number of nitrogens with zero attached hydrogens (tertiary/aromatic N) is 3. The Balaban J connectivity index is 1.70. The number of hydrogen-bond acceptors (Lipinski definition) is 5. The van der Waals surface area contributed by atoms with Gasteiger partial charge in [0.15, 0.2) is 0 Å². The number of hydrogen-bond donors (Lipinski definition) is 2. The van der Waals surface area contributed by atoms with Gasteiger partial charge in [-0.15, -0.1) is 0 Å². The van der Waals surface area contributed by atoms with Crippen LogP contribution in [0.1, 0.15) is 21.9 Å². The fraction of sp³-hybridized carbons (Fsp3) is 0.176. The van der Waals surface area contributed by atoms with Crippen molar-refractivity contribution in [3.05, 3.63) is 59.8 Å². The lowest BCUT2D eigenvalue weighted by atomic mass is 10.1. The monoisotopic (exact) mass is 323 g/mol. The zero-order valence-corrected chi connectivity index (χ0v) is 13.4. The van der Waals surface area contributed by atoms with Gasteiger partial charge >= 0.3 is 0 Å². The van der Waals surface area contributed by atoms with E-state index in [0.29, 0.717) is 29.4 Å². The summed E-state index contributed by atoms with van der Waals surface area (Å²) in [6.07, 6.45) is 3.31. The molecule has 0 unspecified atom stereocenters. The predicted octanol–water partition coefficient (Wildman–Crippen LogP) is 2.11. The van der Waals surface area contributed by atoms with E-state index in [1.54, 1.807) is 25.6 Å². The average Bonchev–Trinajstić information content (AvgIpc) is 3.11. The first kappa shape index (κ1) is 15.7. The van der Waals surface area contributed by atoms with Gasteiger partial charge in [-0.05, 0) is 25.1 Å². The molecule has 0 radical (unpaired) electrons. The molecule has 0 fully saturated rings. The zero-order valence-electron chi connectivity index (χ0n) is 13.4. The van der Waals surface area contributed by atoms with Gasteiger partial charge in [-0.25, -0.2) is 0 Å². The maximum atomic E-state index is 12.2. The molecule has 0 aliphatic carbocycles. The second kappa shape index (κ2) is 6.91. The van der Waals surface area contributed by atoms with Gasteiger partial charge in [-0.3, -0.25) is 19.9 Å². The van der Waals surface area contributed by atoms with E-state index in [9.17, 15) is 4.79 Å². The smallest absolute Gasteiger partial charge is 0.269 e. The zero-order chi connectivity index (χ0) is 16.9. The number of H-pyrrole nitrogens is 1. The molecule has 0 aliphatic heterocycles. The number of rotatable bonds is 5. The summed E-state index contributed by atoms with van der Waals surface area (Å²) < 4.78 is 5.31. The van der Waals surface area contributed by atoms with Gasteiger partial charge in [-0.1, -0.05) is 12.1 Å².